The van der Waals surface area contributed by atoms with Gasteiger partial charge in [-0.05, 0) is 120 Å². The highest BCUT2D eigenvalue weighted by molar-refractivity contribution is 7.18. The van der Waals surface area contributed by atoms with Crippen molar-refractivity contribution in [1.82, 2.24) is 29.3 Å². The van der Waals surface area contributed by atoms with Gasteiger partial charge in [0.25, 0.3) is 5.91 Å². The first-order chi connectivity index (χ1) is 27.4. The fourth-order valence-electron chi connectivity index (χ4n) is 8.85. The van der Waals surface area contributed by atoms with Crippen LogP contribution >= 0.6 is 11.3 Å². The van der Waals surface area contributed by atoms with Gasteiger partial charge >= 0.3 is 5.69 Å². The van der Waals surface area contributed by atoms with Crippen molar-refractivity contribution in [2.75, 3.05) is 25.0 Å². The number of hydrogen-bond donors (Lipinski definition) is 3. The minimum Gasteiger partial charge on any atom is -0.386 e. The van der Waals surface area contributed by atoms with E-state index in [0.29, 0.717) is 52.2 Å². The Morgan fingerprint density at radius 1 is 1.00 bits per heavy atom. The molecule has 8 rings (SSSR count). The number of carbonyl (C=O) groups excluding carboxylic acids is 3. The number of imidazole rings is 1. The van der Waals surface area contributed by atoms with Gasteiger partial charge in [0.2, 0.25) is 11.8 Å². The Morgan fingerprint density at radius 2 is 1.79 bits per heavy atom. The normalized spacial score (nSPS) is 21.0. The number of piperidine rings is 2. The number of nitrogens with zero attached hydrogens (tertiary/aromatic N) is 5. The Balaban J connectivity index is 0.843. The second kappa shape index (κ2) is 16.0. The van der Waals surface area contributed by atoms with Gasteiger partial charge in [0.05, 0.1) is 37.4 Å². The third kappa shape index (κ3) is 8.17. The molecule has 0 radical (unpaired) electrons. The van der Waals surface area contributed by atoms with Gasteiger partial charge in [0.15, 0.2) is 0 Å². The second-order valence-electron chi connectivity index (χ2n) is 16.5. The first-order valence-corrected chi connectivity index (χ1v) is 20.9. The minimum atomic E-state index is -1.17. The van der Waals surface area contributed by atoms with Crippen LogP contribution in [-0.4, -0.2) is 66.5 Å². The monoisotopic (exact) mass is 787 g/mol. The van der Waals surface area contributed by atoms with Gasteiger partial charge in [-0.2, -0.15) is 0 Å². The highest BCUT2D eigenvalue weighted by atomic mass is 32.1. The number of aryl methyl sites for hydroxylation is 1. The maximum Gasteiger partial charge on any atom is 0.329 e. The van der Waals surface area contributed by atoms with Gasteiger partial charge in [-0.1, -0.05) is 24.0 Å². The minimum absolute atomic E-state index is 0.205. The van der Waals surface area contributed by atoms with E-state index in [0.717, 1.165) is 72.5 Å². The number of carbonyl (C=O) groups is 3. The molecule has 0 bridgehead atoms. The van der Waals surface area contributed by atoms with Crippen molar-refractivity contribution < 1.29 is 19.5 Å². The summed E-state index contributed by atoms with van der Waals surface area (Å²) < 4.78 is 4.06. The maximum absolute atomic E-state index is 13.3. The standard InChI is InChI=1S/C44H49N7O5S/c1-44(2,56)31-24-34-37(25-33(31)46-40(53)32-11-4-5-21-45-32)57-42(47-34)30-15-13-28(14-16-30)26-50-22-19-27(20-23-50)8-6-9-29-10-7-12-35-39(29)49(3)43(55)51(35)36-17-18-38(52)48-41(36)54/h4-5,7,10-12,21,24-25,27-28,30,36,56H,8,13-20,22-23,26H2,1-3H3,(H,46,53)(H,48,52,54)/t28-,30-,36?. The van der Waals surface area contributed by atoms with Crippen LogP contribution in [0, 0.1) is 23.7 Å². The summed E-state index contributed by atoms with van der Waals surface area (Å²) in [5, 5.41) is 17.5. The number of pyridine rings is 1. The summed E-state index contributed by atoms with van der Waals surface area (Å²) in [5.74, 6) is 7.29. The Bertz CT molecular complexity index is 2450. The molecule has 296 valence electrons. The van der Waals surface area contributed by atoms with E-state index < -0.39 is 17.6 Å². The molecule has 12 nitrogen and oxygen atoms in total. The van der Waals surface area contributed by atoms with E-state index in [-0.39, 0.29) is 23.9 Å². The predicted molar refractivity (Wildman–Crippen MR) is 221 cm³/mol. The van der Waals surface area contributed by atoms with Crippen molar-refractivity contribution in [2.45, 2.75) is 89.2 Å². The zero-order valence-corrected chi connectivity index (χ0v) is 33.5. The van der Waals surface area contributed by atoms with E-state index in [2.05, 4.69) is 32.4 Å². The molecule has 1 saturated carbocycles. The summed E-state index contributed by atoms with van der Waals surface area (Å²) >= 11 is 1.69. The molecule has 1 aliphatic carbocycles. The number of thiazole rings is 1. The van der Waals surface area contributed by atoms with Gasteiger partial charge in [0.1, 0.15) is 11.7 Å². The lowest BCUT2D eigenvalue weighted by molar-refractivity contribution is -0.135. The van der Waals surface area contributed by atoms with Crippen LogP contribution in [0.5, 0.6) is 0 Å². The number of imide groups is 1. The van der Waals surface area contributed by atoms with Crippen molar-refractivity contribution in [2.24, 2.45) is 18.9 Å². The molecule has 2 aliphatic heterocycles. The number of likely N-dealkylation sites (tertiary alicyclic amines) is 1. The molecule has 3 N–H and O–H groups in total. The van der Waals surface area contributed by atoms with E-state index in [4.69, 9.17) is 4.98 Å². The third-order valence-electron chi connectivity index (χ3n) is 12.0. The van der Waals surface area contributed by atoms with Crippen LogP contribution in [0.3, 0.4) is 0 Å². The molecule has 3 aliphatic rings. The number of benzene rings is 2. The Hall–Kier alpha value is -5.16. The molecule has 1 atom stereocenters. The van der Waals surface area contributed by atoms with E-state index >= 15 is 0 Å². The molecule has 5 aromatic rings. The number of aromatic nitrogens is 4. The molecule has 3 fully saturated rings. The van der Waals surface area contributed by atoms with E-state index in [9.17, 15) is 24.3 Å². The van der Waals surface area contributed by atoms with Crippen molar-refractivity contribution >= 4 is 56.0 Å². The third-order valence-corrected chi connectivity index (χ3v) is 13.2. The first kappa shape index (κ1) is 38.7. The molecule has 5 heterocycles. The average Bonchev–Trinajstić information content (AvgIpc) is 3.73. The van der Waals surface area contributed by atoms with Gasteiger partial charge in [-0.15, -0.1) is 11.3 Å². The van der Waals surface area contributed by atoms with Crippen molar-refractivity contribution in [3.63, 3.8) is 0 Å². The molecule has 3 amide bonds. The molecule has 3 aromatic heterocycles. The van der Waals surface area contributed by atoms with Gasteiger partial charge < -0.3 is 15.3 Å². The lowest BCUT2D eigenvalue weighted by Crippen LogP contribution is -2.44. The van der Waals surface area contributed by atoms with Crippen LogP contribution in [0.15, 0.2) is 59.5 Å². The molecular formula is C44H49N7O5S. The predicted octanol–water partition coefficient (Wildman–Crippen LogP) is 6.23. The molecule has 57 heavy (non-hydrogen) atoms. The summed E-state index contributed by atoms with van der Waals surface area (Å²) in [4.78, 5) is 62.4. The van der Waals surface area contributed by atoms with E-state index in [1.54, 1.807) is 61.2 Å². The molecule has 2 saturated heterocycles. The quantitative estimate of drug-likeness (QED) is 0.124. The number of hydrogen-bond acceptors (Lipinski definition) is 9. The van der Waals surface area contributed by atoms with Crippen LogP contribution < -0.4 is 16.3 Å². The van der Waals surface area contributed by atoms with Crippen molar-refractivity contribution in [1.29, 1.82) is 0 Å². The largest absolute Gasteiger partial charge is 0.386 e. The average molecular weight is 788 g/mol. The van der Waals surface area contributed by atoms with Crippen molar-refractivity contribution in [3.05, 3.63) is 87.0 Å². The van der Waals surface area contributed by atoms with E-state index in [1.807, 2.05) is 30.3 Å². The summed E-state index contributed by atoms with van der Waals surface area (Å²) in [6.07, 6.45) is 9.67. The Labute approximate surface area is 335 Å². The first-order valence-electron chi connectivity index (χ1n) is 20.1. The van der Waals surface area contributed by atoms with Crippen LogP contribution in [0.2, 0.25) is 0 Å². The van der Waals surface area contributed by atoms with E-state index in [1.165, 1.54) is 17.4 Å². The number of amides is 3. The summed E-state index contributed by atoms with van der Waals surface area (Å²) in [5.41, 5.74) is 3.05. The number of nitrogens with one attached hydrogen (secondary N) is 2. The lowest BCUT2D eigenvalue weighted by atomic mass is 9.81. The Morgan fingerprint density at radius 3 is 2.51 bits per heavy atom. The maximum atomic E-state index is 13.3. The van der Waals surface area contributed by atoms with Crippen molar-refractivity contribution in [3.8, 4) is 11.8 Å². The Kier molecular flexibility index (Phi) is 10.9. The summed E-state index contributed by atoms with van der Waals surface area (Å²) in [7, 11) is 1.71. The molecule has 13 heteroatoms. The fraction of sp³-hybridized carbons (Fsp3) is 0.455. The van der Waals surface area contributed by atoms with Gasteiger partial charge in [-0.25, -0.2) is 9.78 Å². The summed E-state index contributed by atoms with van der Waals surface area (Å²) in [6, 6.07) is 14.0. The molecule has 2 aromatic carbocycles. The fourth-order valence-corrected chi connectivity index (χ4v) is 10.0. The van der Waals surface area contributed by atoms with Gasteiger partial charge in [0, 0.05) is 49.8 Å². The number of para-hydroxylation sites is 1. The smallest absolute Gasteiger partial charge is 0.329 e. The number of rotatable bonds is 8. The number of anilines is 1. The van der Waals surface area contributed by atoms with Crippen LogP contribution in [0.25, 0.3) is 21.3 Å². The van der Waals surface area contributed by atoms with Crippen LogP contribution in [-0.2, 0) is 22.2 Å². The summed E-state index contributed by atoms with van der Waals surface area (Å²) in [6.45, 7) is 6.72. The highest BCUT2D eigenvalue weighted by Gasteiger charge is 2.32. The lowest BCUT2D eigenvalue weighted by Gasteiger charge is -2.36. The number of fused-ring (bicyclic) bond motifs is 2. The molecular weight excluding hydrogens is 739 g/mol. The number of aliphatic hydroxyl groups is 1. The topological polar surface area (TPSA) is 151 Å². The second-order valence-corrected chi connectivity index (χ2v) is 17.5. The molecule has 1 unspecified atom stereocenters. The van der Waals surface area contributed by atoms with Gasteiger partial charge in [-0.3, -0.25) is 33.8 Å². The highest BCUT2D eigenvalue weighted by Crippen LogP contribution is 2.42. The van der Waals surface area contributed by atoms with Crippen LogP contribution in [0.4, 0.5) is 5.69 Å². The zero-order chi connectivity index (χ0) is 39.8. The zero-order valence-electron chi connectivity index (χ0n) is 32.7. The molecule has 0 spiro atoms. The SMILES string of the molecule is Cn1c(=O)n(C2CCC(=O)NC2=O)c2cccc(C#CCC3CCN(C[C@H]4CC[C@H](c5nc6cc(C(C)(C)O)c(NC(=O)c7ccccn7)cc6s5)CC4)CC3)c21. The van der Waals surface area contributed by atoms with Crippen LogP contribution in [0.1, 0.15) is 110 Å².